The van der Waals surface area contributed by atoms with Crippen molar-refractivity contribution in [3.05, 3.63) is 90.0 Å². The third kappa shape index (κ3) is 7.91. The first-order valence-corrected chi connectivity index (χ1v) is 13.7. The molecule has 0 unspecified atom stereocenters. The number of unbranched alkanes of at least 4 members (excludes halogenated alkanes) is 3. The molecule has 0 heterocycles. The van der Waals surface area contributed by atoms with Gasteiger partial charge in [-0.2, -0.15) is 0 Å². The Morgan fingerprint density at radius 2 is 1.49 bits per heavy atom. The molecule has 3 N–H and O–H groups in total. The zero-order valence-corrected chi connectivity index (χ0v) is 22.5. The SMILES string of the molecule is CCCCCCOc1ccccc1C(O)(O)N(C(=O)c1ccc(-c2ccccc2)cc1)C1CCCC1.O=CO. The quantitative estimate of drug-likeness (QED) is 0.154. The molecule has 1 aliphatic rings. The van der Waals surface area contributed by atoms with Crippen LogP contribution in [0.2, 0.25) is 0 Å². The largest absolute Gasteiger partial charge is 0.493 e. The average Bonchev–Trinajstić information content (AvgIpc) is 3.48. The summed E-state index contributed by atoms with van der Waals surface area (Å²) < 4.78 is 5.98. The lowest BCUT2D eigenvalue weighted by Crippen LogP contribution is -2.54. The second-order valence-corrected chi connectivity index (χ2v) is 9.70. The van der Waals surface area contributed by atoms with E-state index in [0.717, 1.165) is 62.5 Å². The van der Waals surface area contributed by atoms with Crippen LogP contribution in [0.1, 0.15) is 74.2 Å². The predicted molar refractivity (Wildman–Crippen MR) is 151 cm³/mol. The number of carbonyl (C=O) groups excluding carboxylic acids is 1. The lowest BCUT2D eigenvalue weighted by atomic mass is 10.0. The van der Waals surface area contributed by atoms with Gasteiger partial charge >= 0.3 is 0 Å². The highest BCUT2D eigenvalue weighted by molar-refractivity contribution is 5.95. The van der Waals surface area contributed by atoms with Crippen molar-refractivity contribution in [2.45, 2.75) is 70.2 Å². The zero-order chi connectivity index (χ0) is 28.1. The first-order chi connectivity index (χ1) is 18.9. The highest BCUT2D eigenvalue weighted by Gasteiger charge is 2.45. The molecule has 4 rings (SSSR count). The molecule has 0 radical (unpaired) electrons. The van der Waals surface area contributed by atoms with Gasteiger partial charge in [0.1, 0.15) is 5.75 Å². The van der Waals surface area contributed by atoms with Crippen LogP contribution in [-0.4, -0.2) is 45.2 Å². The fourth-order valence-corrected chi connectivity index (χ4v) is 5.01. The number of aliphatic hydroxyl groups is 2. The second-order valence-electron chi connectivity index (χ2n) is 9.70. The molecule has 208 valence electrons. The Hall–Kier alpha value is -3.68. The fraction of sp³-hybridized carbons (Fsp3) is 0.375. The lowest BCUT2D eigenvalue weighted by molar-refractivity contribution is -0.266. The third-order valence-electron chi connectivity index (χ3n) is 6.99. The van der Waals surface area contributed by atoms with E-state index in [4.69, 9.17) is 14.6 Å². The topological polar surface area (TPSA) is 107 Å². The van der Waals surface area contributed by atoms with Gasteiger partial charge in [0.15, 0.2) is 0 Å². The molecule has 0 bridgehead atoms. The molecule has 0 spiro atoms. The molecular weight excluding hydrogens is 494 g/mol. The zero-order valence-electron chi connectivity index (χ0n) is 22.5. The number of rotatable bonds is 11. The van der Waals surface area contributed by atoms with Crippen LogP contribution in [-0.2, 0) is 10.7 Å². The van der Waals surface area contributed by atoms with Gasteiger partial charge in [-0.1, -0.05) is 93.6 Å². The number of para-hydroxylation sites is 1. The van der Waals surface area contributed by atoms with E-state index in [9.17, 15) is 15.0 Å². The van der Waals surface area contributed by atoms with Crippen LogP contribution in [0.25, 0.3) is 11.1 Å². The smallest absolute Gasteiger partial charge is 0.290 e. The highest BCUT2D eigenvalue weighted by atomic mass is 16.5. The monoisotopic (exact) mass is 533 g/mol. The lowest BCUT2D eigenvalue weighted by Gasteiger charge is -2.40. The minimum Gasteiger partial charge on any atom is -0.493 e. The summed E-state index contributed by atoms with van der Waals surface area (Å²) >= 11 is 0. The van der Waals surface area contributed by atoms with Gasteiger partial charge in [0.05, 0.1) is 12.2 Å². The van der Waals surface area contributed by atoms with Gasteiger partial charge in [-0.05, 0) is 54.7 Å². The van der Waals surface area contributed by atoms with E-state index in [1.54, 1.807) is 30.3 Å². The molecule has 3 aromatic rings. The second kappa shape index (κ2) is 15.0. The van der Waals surface area contributed by atoms with Crippen LogP contribution in [0.5, 0.6) is 5.75 Å². The number of carboxylic acid groups (broad SMARTS) is 1. The molecule has 1 saturated carbocycles. The van der Waals surface area contributed by atoms with Crippen molar-refractivity contribution in [3.8, 4) is 16.9 Å². The highest BCUT2D eigenvalue weighted by Crippen LogP contribution is 2.38. The predicted octanol–water partition coefficient (Wildman–Crippen LogP) is 6.19. The first kappa shape index (κ1) is 29.9. The molecule has 1 aliphatic carbocycles. The van der Waals surface area contributed by atoms with E-state index >= 15 is 0 Å². The normalized spacial score (nSPS) is 13.3. The number of carbonyl (C=O) groups is 2. The number of hydrogen-bond donors (Lipinski definition) is 3. The van der Waals surface area contributed by atoms with Crippen LogP contribution in [0.15, 0.2) is 78.9 Å². The summed E-state index contributed by atoms with van der Waals surface area (Å²) in [6, 6.07) is 24.0. The number of benzene rings is 3. The minimum atomic E-state index is -2.50. The van der Waals surface area contributed by atoms with Crippen molar-refractivity contribution in [2.75, 3.05) is 6.61 Å². The van der Waals surface area contributed by atoms with Gasteiger partial charge in [0.25, 0.3) is 18.3 Å². The minimum absolute atomic E-state index is 0.196. The van der Waals surface area contributed by atoms with Crippen molar-refractivity contribution in [2.24, 2.45) is 0 Å². The van der Waals surface area contributed by atoms with Gasteiger partial charge in [0, 0.05) is 11.6 Å². The average molecular weight is 534 g/mol. The van der Waals surface area contributed by atoms with Gasteiger partial charge in [-0.3, -0.25) is 14.5 Å². The van der Waals surface area contributed by atoms with Gasteiger partial charge in [0.2, 0.25) is 0 Å². The van der Waals surface area contributed by atoms with Crippen molar-refractivity contribution in [1.29, 1.82) is 0 Å². The summed E-state index contributed by atoms with van der Waals surface area (Å²) in [5.41, 5.74) is 2.68. The summed E-state index contributed by atoms with van der Waals surface area (Å²) in [7, 11) is 0. The molecule has 1 amide bonds. The van der Waals surface area contributed by atoms with E-state index in [2.05, 4.69) is 6.92 Å². The Balaban J connectivity index is 0.00000134. The molecule has 0 atom stereocenters. The maximum absolute atomic E-state index is 13.8. The summed E-state index contributed by atoms with van der Waals surface area (Å²) in [6.45, 7) is 2.40. The van der Waals surface area contributed by atoms with Crippen molar-refractivity contribution >= 4 is 12.4 Å². The van der Waals surface area contributed by atoms with Crippen LogP contribution >= 0.6 is 0 Å². The molecular formula is C32H39NO6. The van der Waals surface area contributed by atoms with E-state index < -0.39 is 11.8 Å². The van der Waals surface area contributed by atoms with Crippen LogP contribution < -0.4 is 4.74 Å². The van der Waals surface area contributed by atoms with Gasteiger partial charge in [-0.15, -0.1) is 0 Å². The van der Waals surface area contributed by atoms with E-state index in [1.807, 2.05) is 48.5 Å². The Morgan fingerprint density at radius 1 is 0.897 bits per heavy atom. The maximum Gasteiger partial charge on any atom is 0.290 e. The molecule has 0 aliphatic heterocycles. The molecule has 3 aromatic carbocycles. The molecule has 0 aromatic heterocycles. The summed E-state index contributed by atoms with van der Waals surface area (Å²) in [4.78, 5) is 23.4. The van der Waals surface area contributed by atoms with Gasteiger partial charge in [-0.25, -0.2) is 0 Å². The Bertz CT molecular complexity index is 1160. The summed E-state index contributed by atoms with van der Waals surface area (Å²) in [5.74, 6) is -2.50. The Kier molecular flexibility index (Phi) is 11.5. The van der Waals surface area contributed by atoms with Crippen molar-refractivity contribution in [3.63, 3.8) is 0 Å². The van der Waals surface area contributed by atoms with E-state index in [1.165, 1.54) is 4.90 Å². The van der Waals surface area contributed by atoms with Crippen molar-refractivity contribution < 1.29 is 29.6 Å². The van der Waals surface area contributed by atoms with Crippen LogP contribution in [0.3, 0.4) is 0 Å². The molecule has 7 nitrogen and oxygen atoms in total. The van der Waals surface area contributed by atoms with E-state index in [0.29, 0.717) is 17.9 Å². The molecule has 39 heavy (non-hydrogen) atoms. The maximum atomic E-state index is 13.8. The summed E-state index contributed by atoms with van der Waals surface area (Å²) in [5, 5.41) is 30.0. The molecule has 7 heteroatoms. The molecule has 0 saturated heterocycles. The Morgan fingerprint density at radius 3 is 2.13 bits per heavy atom. The van der Waals surface area contributed by atoms with E-state index in [-0.39, 0.29) is 18.1 Å². The van der Waals surface area contributed by atoms with Crippen molar-refractivity contribution in [1.82, 2.24) is 4.90 Å². The number of ether oxygens (including phenoxy) is 1. The molecule has 1 fully saturated rings. The third-order valence-corrected chi connectivity index (χ3v) is 6.99. The Labute approximate surface area is 230 Å². The van der Waals surface area contributed by atoms with Crippen LogP contribution in [0, 0.1) is 0 Å². The number of hydrogen-bond acceptors (Lipinski definition) is 5. The standard InChI is InChI=1S/C31H37NO4.CH2O2/c1-2-3-4-12-23-36-29-18-11-10-17-28(29)31(34,35)32(27-15-8-9-16-27)30(33)26-21-19-25(20-22-26)24-13-6-5-7-14-24;2-1-3/h5-7,10-11,13-14,17-22,27,34-35H,2-4,8-9,12,15-16,23H2,1H3;1H,(H,2,3). The van der Waals surface area contributed by atoms with Crippen LogP contribution in [0.4, 0.5) is 0 Å². The fourth-order valence-electron chi connectivity index (χ4n) is 5.01. The summed E-state index contributed by atoms with van der Waals surface area (Å²) in [6.07, 6.45) is 7.60. The first-order valence-electron chi connectivity index (χ1n) is 13.7. The van der Waals surface area contributed by atoms with Gasteiger partial charge < -0.3 is 20.1 Å². The number of nitrogens with zero attached hydrogens (tertiary/aromatic N) is 1. The number of amides is 1.